The van der Waals surface area contributed by atoms with E-state index < -0.39 is 0 Å². The highest BCUT2D eigenvalue weighted by atomic mass is 16.1. The van der Waals surface area contributed by atoms with Crippen molar-refractivity contribution < 1.29 is 4.79 Å². The van der Waals surface area contributed by atoms with Gasteiger partial charge in [-0.3, -0.25) is 4.79 Å². The van der Waals surface area contributed by atoms with Gasteiger partial charge in [0.2, 0.25) is 5.91 Å². The third-order valence-corrected chi connectivity index (χ3v) is 3.16. The minimum absolute atomic E-state index is 0.0373. The van der Waals surface area contributed by atoms with E-state index in [1.54, 1.807) is 0 Å². The van der Waals surface area contributed by atoms with Gasteiger partial charge >= 0.3 is 0 Å². The summed E-state index contributed by atoms with van der Waals surface area (Å²) < 4.78 is 0. The molecule has 0 aliphatic carbocycles. The van der Waals surface area contributed by atoms with E-state index in [0.717, 1.165) is 24.5 Å². The first-order valence-corrected chi connectivity index (χ1v) is 6.58. The van der Waals surface area contributed by atoms with Gasteiger partial charge in [-0.05, 0) is 50.2 Å². The molecular weight excluding hydrogens is 226 g/mol. The normalized spacial score (nSPS) is 15.6. The SMILES string of the molecule is CC(=O)Nc1ccc(NCCN2CCCC2)cc1. The van der Waals surface area contributed by atoms with E-state index in [4.69, 9.17) is 0 Å². The zero-order valence-electron chi connectivity index (χ0n) is 10.9. The zero-order chi connectivity index (χ0) is 12.8. The van der Waals surface area contributed by atoms with Gasteiger partial charge in [-0.2, -0.15) is 0 Å². The van der Waals surface area contributed by atoms with Gasteiger partial charge in [0.15, 0.2) is 0 Å². The van der Waals surface area contributed by atoms with Gasteiger partial charge in [-0.15, -0.1) is 0 Å². The lowest BCUT2D eigenvalue weighted by Gasteiger charge is -2.15. The van der Waals surface area contributed by atoms with Crippen LogP contribution in [0.4, 0.5) is 11.4 Å². The number of likely N-dealkylation sites (tertiary alicyclic amines) is 1. The van der Waals surface area contributed by atoms with Crippen LogP contribution in [0, 0.1) is 0 Å². The van der Waals surface area contributed by atoms with Crippen LogP contribution in [0.15, 0.2) is 24.3 Å². The molecule has 0 atom stereocenters. The van der Waals surface area contributed by atoms with Crippen molar-refractivity contribution in [2.45, 2.75) is 19.8 Å². The Balaban J connectivity index is 1.73. The highest BCUT2D eigenvalue weighted by molar-refractivity contribution is 5.88. The minimum Gasteiger partial charge on any atom is -0.384 e. The average molecular weight is 247 g/mol. The van der Waals surface area contributed by atoms with Crippen LogP contribution in [0.3, 0.4) is 0 Å². The van der Waals surface area contributed by atoms with Crippen LogP contribution >= 0.6 is 0 Å². The summed E-state index contributed by atoms with van der Waals surface area (Å²) in [6.45, 7) is 6.07. The Bertz CT molecular complexity index is 383. The van der Waals surface area contributed by atoms with Crippen molar-refractivity contribution in [3.05, 3.63) is 24.3 Å². The number of nitrogens with one attached hydrogen (secondary N) is 2. The van der Waals surface area contributed by atoms with Crippen LogP contribution in [-0.2, 0) is 4.79 Å². The van der Waals surface area contributed by atoms with Gasteiger partial charge in [0.25, 0.3) is 0 Å². The Labute approximate surface area is 108 Å². The summed E-state index contributed by atoms with van der Waals surface area (Å²) in [5, 5.41) is 6.16. The molecule has 0 radical (unpaired) electrons. The van der Waals surface area contributed by atoms with Crippen molar-refractivity contribution in [1.29, 1.82) is 0 Å². The Morgan fingerprint density at radius 2 is 1.78 bits per heavy atom. The van der Waals surface area contributed by atoms with E-state index in [-0.39, 0.29) is 5.91 Å². The molecule has 0 bridgehead atoms. The van der Waals surface area contributed by atoms with Gasteiger partial charge in [0, 0.05) is 31.4 Å². The number of nitrogens with zero attached hydrogens (tertiary/aromatic N) is 1. The van der Waals surface area contributed by atoms with Crippen molar-refractivity contribution in [2.24, 2.45) is 0 Å². The lowest BCUT2D eigenvalue weighted by molar-refractivity contribution is -0.114. The van der Waals surface area contributed by atoms with Crippen LogP contribution in [-0.4, -0.2) is 37.0 Å². The number of amides is 1. The topological polar surface area (TPSA) is 44.4 Å². The van der Waals surface area contributed by atoms with Crippen molar-refractivity contribution in [3.8, 4) is 0 Å². The standard InChI is InChI=1S/C14H21N3O/c1-12(18)16-14-6-4-13(5-7-14)15-8-11-17-9-2-3-10-17/h4-7,15H,2-3,8-11H2,1H3,(H,16,18). The second-order valence-electron chi connectivity index (χ2n) is 4.73. The molecule has 18 heavy (non-hydrogen) atoms. The summed E-state index contributed by atoms with van der Waals surface area (Å²) >= 11 is 0. The highest BCUT2D eigenvalue weighted by Gasteiger charge is 2.09. The maximum atomic E-state index is 10.9. The van der Waals surface area contributed by atoms with E-state index in [0.29, 0.717) is 0 Å². The lowest BCUT2D eigenvalue weighted by atomic mass is 10.2. The monoisotopic (exact) mass is 247 g/mol. The molecule has 2 rings (SSSR count). The summed E-state index contributed by atoms with van der Waals surface area (Å²) in [4.78, 5) is 13.4. The van der Waals surface area contributed by atoms with E-state index in [1.165, 1.54) is 32.9 Å². The minimum atomic E-state index is -0.0373. The average Bonchev–Trinajstić information content (AvgIpc) is 2.84. The summed E-state index contributed by atoms with van der Waals surface area (Å²) in [5.41, 5.74) is 1.94. The van der Waals surface area contributed by atoms with Crippen LogP contribution in [0.25, 0.3) is 0 Å². The second kappa shape index (κ2) is 6.40. The van der Waals surface area contributed by atoms with Crippen molar-refractivity contribution in [3.63, 3.8) is 0 Å². The maximum absolute atomic E-state index is 10.9. The summed E-state index contributed by atoms with van der Waals surface area (Å²) in [6, 6.07) is 7.82. The molecule has 0 spiro atoms. The molecule has 1 aromatic rings. The molecule has 0 unspecified atom stereocenters. The summed E-state index contributed by atoms with van der Waals surface area (Å²) in [6.07, 6.45) is 2.68. The largest absolute Gasteiger partial charge is 0.384 e. The molecule has 0 aromatic heterocycles. The van der Waals surface area contributed by atoms with Gasteiger partial charge in [-0.1, -0.05) is 0 Å². The molecule has 1 amide bonds. The molecule has 1 aliphatic rings. The van der Waals surface area contributed by atoms with E-state index in [9.17, 15) is 4.79 Å². The third-order valence-electron chi connectivity index (χ3n) is 3.16. The van der Waals surface area contributed by atoms with Gasteiger partial charge in [0.1, 0.15) is 0 Å². The summed E-state index contributed by atoms with van der Waals surface area (Å²) in [5.74, 6) is -0.0373. The predicted octanol–water partition coefficient (Wildman–Crippen LogP) is 2.15. The quantitative estimate of drug-likeness (QED) is 0.838. The molecule has 2 N–H and O–H groups in total. The molecular formula is C14H21N3O. The number of carbonyl (C=O) groups is 1. The van der Waals surface area contributed by atoms with Crippen LogP contribution < -0.4 is 10.6 Å². The smallest absolute Gasteiger partial charge is 0.221 e. The molecule has 1 aromatic carbocycles. The predicted molar refractivity (Wildman–Crippen MR) is 74.9 cm³/mol. The molecule has 0 saturated carbocycles. The molecule has 1 fully saturated rings. The number of benzene rings is 1. The second-order valence-corrected chi connectivity index (χ2v) is 4.73. The highest BCUT2D eigenvalue weighted by Crippen LogP contribution is 2.13. The fourth-order valence-electron chi connectivity index (χ4n) is 2.24. The van der Waals surface area contributed by atoms with Crippen LogP contribution in [0.1, 0.15) is 19.8 Å². The lowest BCUT2D eigenvalue weighted by Crippen LogP contribution is -2.25. The first-order valence-electron chi connectivity index (χ1n) is 6.58. The molecule has 1 saturated heterocycles. The van der Waals surface area contributed by atoms with Crippen LogP contribution in [0.2, 0.25) is 0 Å². The maximum Gasteiger partial charge on any atom is 0.221 e. The first-order chi connectivity index (χ1) is 8.74. The number of hydrogen-bond donors (Lipinski definition) is 2. The molecule has 1 heterocycles. The molecule has 98 valence electrons. The number of carbonyl (C=O) groups excluding carboxylic acids is 1. The summed E-state index contributed by atoms with van der Waals surface area (Å²) in [7, 11) is 0. The van der Waals surface area contributed by atoms with Crippen molar-refractivity contribution >= 4 is 17.3 Å². The fourth-order valence-corrected chi connectivity index (χ4v) is 2.24. The number of hydrogen-bond acceptors (Lipinski definition) is 3. The van der Waals surface area contributed by atoms with Gasteiger partial charge in [0.05, 0.1) is 0 Å². The van der Waals surface area contributed by atoms with E-state index in [2.05, 4.69) is 15.5 Å². The number of anilines is 2. The Hall–Kier alpha value is -1.55. The third kappa shape index (κ3) is 4.04. The molecule has 1 aliphatic heterocycles. The fraction of sp³-hybridized carbons (Fsp3) is 0.500. The van der Waals surface area contributed by atoms with Crippen molar-refractivity contribution in [2.75, 3.05) is 36.8 Å². The molecule has 4 heteroatoms. The molecule has 4 nitrogen and oxygen atoms in total. The van der Waals surface area contributed by atoms with Gasteiger partial charge in [-0.25, -0.2) is 0 Å². The van der Waals surface area contributed by atoms with Crippen molar-refractivity contribution in [1.82, 2.24) is 4.90 Å². The number of rotatable bonds is 5. The first kappa shape index (κ1) is 12.9. The van der Waals surface area contributed by atoms with Crippen LogP contribution in [0.5, 0.6) is 0 Å². The van der Waals surface area contributed by atoms with Gasteiger partial charge < -0.3 is 15.5 Å². The van der Waals surface area contributed by atoms with E-state index in [1.807, 2.05) is 24.3 Å². The zero-order valence-corrected chi connectivity index (χ0v) is 10.9. The van der Waals surface area contributed by atoms with E-state index >= 15 is 0 Å². The Morgan fingerprint density at radius 3 is 2.39 bits per heavy atom. The Kier molecular flexibility index (Phi) is 4.59. The Morgan fingerprint density at radius 1 is 1.17 bits per heavy atom.